The van der Waals surface area contributed by atoms with Crippen LogP contribution in [-0.2, 0) is 80.8 Å². The summed E-state index contributed by atoms with van der Waals surface area (Å²) in [7, 11) is 0. The first-order valence-corrected chi connectivity index (χ1v) is 30.2. The molecule has 0 saturated carbocycles. The number of aliphatic carboxylic acids is 1. The van der Waals surface area contributed by atoms with Gasteiger partial charge in [0, 0.05) is 34.1 Å². The first-order chi connectivity index (χ1) is 45.2. The van der Waals surface area contributed by atoms with Gasteiger partial charge in [-0.25, -0.2) is 4.79 Å². The molecule has 6 heterocycles. The molecule has 0 aliphatic carbocycles. The van der Waals surface area contributed by atoms with E-state index >= 15 is 0 Å². The fourth-order valence-electron chi connectivity index (χ4n) is 11.8. The molecule has 0 radical (unpaired) electrons. The summed E-state index contributed by atoms with van der Waals surface area (Å²) in [5, 5.41) is 248. The molecule has 35 atom stereocenters. The molecule has 6 aliphatic rings. The highest BCUT2D eigenvalue weighted by molar-refractivity contribution is 5.77. The van der Waals surface area contributed by atoms with Crippen LogP contribution in [0.1, 0.15) is 34.1 Å². The molecule has 4 amide bonds. The topological polar surface area (TPSA) is 689 Å². The summed E-state index contributed by atoms with van der Waals surface area (Å²) >= 11 is 0. The number of aliphatic hydroxyl groups is 21. The van der Waals surface area contributed by atoms with Crippen molar-refractivity contribution in [2.75, 3.05) is 52.9 Å². The molecule has 6 rings (SSSR count). The average Bonchev–Trinajstić information content (AvgIpc) is 0.757. The van der Waals surface area contributed by atoms with E-state index in [0.29, 0.717) is 0 Å². The van der Waals surface area contributed by atoms with Crippen molar-refractivity contribution in [3.05, 3.63) is 0 Å². The maximum absolute atomic E-state index is 13.9. The van der Waals surface area contributed by atoms with Gasteiger partial charge in [-0.3, -0.25) is 19.2 Å². The lowest BCUT2D eigenvalue weighted by Crippen LogP contribution is -2.73. The minimum Gasteiger partial charge on any atom is -0.477 e. The van der Waals surface area contributed by atoms with Gasteiger partial charge in [0.05, 0.1) is 65.0 Å². The summed E-state index contributed by atoms with van der Waals surface area (Å²) in [4.78, 5) is 65.3. The van der Waals surface area contributed by atoms with Crippen molar-refractivity contribution in [2.45, 2.75) is 248 Å². The smallest absolute Gasteiger partial charge is 0.364 e. The Morgan fingerprint density at radius 1 is 0.448 bits per heavy atom. The number of ether oxygens (including phenoxy) is 12. The maximum atomic E-state index is 13.9. The fraction of sp³-hybridized carbons (Fsp3) is 0.906. The Kier molecular flexibility index (Phi) is 30.0. The lowest BCUT2D eigenvalue weighted by molar-refractivity contribution is -0.391. The SMILES string of the molecule is CC(=O)N[C@H]1[C@H](OC[C@H]2O[C@@H](O[C@@H]([C@H](O)[C@@H](O)CO)[C@H](O)CO)[C@H](O)[C@@H](O[C@@H]3O[C@H](CO)[C@@H](O[C@@H]4O[C@H](CO)[C@H](O)[C@H](O)[C@H]4NC(C)=O)[C@H](O[C@]4(C(=O)O)C[C@H](O)[C@@H](NC(C)=O)[C@H]([C@H](O)[C@H](O)CO)O4)[C@H]3NC(C)=O)[C@H]2O)O[C@H](CO)[C@@H](O[C@@H]2O[C@H](CO)[C@H](O)[C@H](O)[C@H]2O)[C@@H]1O. The lowest BCUT2D eigenvalue weighted by Gasteiger charge is -2.53. The van der Waals surface area contributed by atoms with Gasteiger partial charge >= 0.3 is 5.97 Å². The van der Waals surface area contributed by atoms with Gasteiger partial charge in [-0.1, -0.05) is 0 Å². The molecule has 26 N–H and O–H groups in total. The Hall–Kier alpha value is -3.97. The molecule has 43 heteroatoms. The second-order valence-electron chi connectivity index (χ2n) is 23.7. The molecule has 0 unspecified atom stereocenters. The van der Waals surface area contributed by atoms with Crippen LogP contribution in [-0.4, -0.2) is 409 Å². The average molecular weight is 1410 g/mol. The highest BCUT2D eigenvalue weighted by Crippen LogP contribution is 2.41. The van der Waals surface area contributed by atoms with Crippen LogP contribution in [0.4, 0.5) is 0 Å². The summed E-state index contributed by atoms with van der Waals surface area (Å²) in [6.45, 7) is -5.70. The number of rotatable bonds is 30. The van der Waals surface area contributed by atoms with Crippen molar-refractivity contribution in [1.29, 1.82) is 0 Å². The maximum Gasteiger partial charge on any atom is 0.364 e. The second-order valence-corrected chi connectivity index (χ2v) is 23.7. The van der Waals surface area contributed by atoms with Crippen molar-refractivity contribution in [1.82, 2.24) is 21.3 Å². The zero-order chi connectivity index (χ0) is 71.7. The molecule has 0 aromatic heterocycles. The number of carboxylic acids is 1. The Morgan fingerprint density at radius 3 is 1.43 bits per heavy atom. The molecule has 0 bridgehead atoms. The summed E-state index contributed by atoms with van der Waals surface area (Å²) in [6, 6.07) is -7.84. The molecule has 96 heavy (non-hydrogen) atoms. The number of nitrogens with one attached hydrogen (secondary N) is 4. The third-order valence-electron chi connectivity index (χ3n) is 16.7. The van der Waals surface area contributed by atoms with Gasteiger partial charge in [-0.2, -0.15) is 0 Å². The number of aliphatic hydroxyl groups excluding tert-OH is 21. The monoisotopic (exact) mass is 1410 g/mol. The molecule has 43 nitrogen and oxygen atoms in total. The Morgan fingerprint density at radius 2 is 0.896 bits per heavy atom. The van der Waals surface area contributed by atoms with Gasteiger partial charge in [-0.05, 0) is 0 Å². The third kappa shape index (κ3) is 18.6. The minimum atomic E-state index is -3.47. The van der Waals surface area contributed by atoms with Gasteiger partial charge in [0.2, 0.25) is 23.6 Å². The molecule has 0 aromatic carbocycles. The van der Waals surface area contributed by atoms with Crippen LogP contribution in [0.15, 0.2) is 0 Å². The number of amides is 4. The van der Waals surface area contributed by atoms with Gasteiger partial charge in [0.15, 0.2) is 31.5 Å². The first-order valence-electron chi connectivity index (χ1n) is 30.2. The van der Waals surface area contributed by atoms with E-state index in [4.69, 9.17) is 56.8 Å². The predicted molar refractivity (Wildman–Crippen MR) is 298 cm³/mol. The first kappa shape index (κ1) is 81.0. The molecule has 6 saturated heterocycles. The minimum absolute atomic E-state index is 0.828. The van der Waals surface area contributed by atoms with Crippen molar-refractivity contribution < 1.29 is 193 Å². The zero-order valence-electron chi connectivity index (χ0n) is 51.8. The van der Waals surface area contributed by atoms with E-state index in [9.17, 15) is 136 Å². The molecule has 556 valence electrons. The van der Waals surface area contributed by atoms with Crippen LogP contribution in [0, 0.1) is 0 Å². The molecule has 0 spiro atoms. The van der Waals surface area contributed by atoms with Crippen LogP contribution in [0.25, 0.3) is 0 Å². The van der Waals surface area contributed by atoms with Crippen LogP contribution in [0.5, 0.6) is 0 Å². The van der Waals surface area contributed by atoms with Crippen molar-refractivity contribution >= 4 is 29.6 Å². The van der Waals surface area contributed by atoms with E-state index in [1.165, 1.54) is 0 Å². The van der Waals surface area contributed by atoms with Crippen molar-refractivity contribution in [3.63, 3.8) is 0 Å². The van der Waals surface area contributed by atoms with Gasteiger partial charge < -0.3 is 190 Å². The van der Waals surface area contributed by atoms with E-state index in [2.05, 4.69) is 21.3 Å². The summed E-state index contributed by atoms with van der Waals surface area (Å²) in [5.74, 6) is -9.59. The van der Waals surface area contributed by atoms with E-state index in [1.807, 2.05) is 0 Å². The second kappa shape index (κ2) is 35.6. The van der Waals surface area contributed by atoms with Gasteiger partial charge in [-0.15, -0.1) is 0 Å². The van der Waals surface area contributed by atoms with E-state index < -0.39 is 303 Å². The van der Waals surface area contributed by atoms with Crippen LogP contribution < -0.4 is 21.3 Å². The van der Waals surface area contributed by atoms with Crippen molar-refractivity contribution in [2.24, 2.45) is 0 Å². The number of carbonyl (C=O) groups is 5. The van der Waals surface area contributed by atoms with Crippen LogP contribution >= 0.6 is 0 Å². The fourth-order valence-corrected chi connectivity index (χ4v) is 11.8. The van der Waals surface area contributed by atoms with E-state index in [0.717, 1.165) is 27.7 Å². The van der Waals surface area contributed by atoms with E-state index in [-0.39, 0.29) is 0 Å². The third-order valence-corrected chi connectivity index (χ3v) is 16.7. The Labute approximate surface area is 544 Å². The Bertz CT molecular complexity index is 2490. The zero-order valence-corrected chi connectivity index (χ0v) is 51.8. The van der Waals surface area contributed by atoms with Gasteiger partial charge in [0.25, 0.3) is 5.79 Å². The largest absolute Gasteiger partial charge is 0.477 e. The molecule has 6 aliphatic heterocycles. The quantitative estimate of drug-likeness (QED) is 0.0318. The molecular weight excluding hydrogens is 1320 g/mol. The summed E-state index contributed by atoms with van der Waals surface area (Å²) in [6.07, 6.45) is -66.2. The standard InChI is InChI=1S/C53H90N4O39/c1-14(65)54-27-18(69)5-53(52(83)84,95-44(27)32(74)20(71)7-59)96-45-30(57-17(4)68)49(89-25(12-64)43(45)93-48-28(55-15(2)66)36(78)33(75)22(9-61)86-48)94-46-35(77)26(90-51(40(46)82)91-41(21(72)8-60)31(73)19(70)6-58)13-85-47-29(56-16(3)67)37(79)42(24(11-63)88-47)92-50-39(81)38(80)34(76)23(10-62)87-50/h18-51,58-64,69-82H,5-13H2,1-4H3,(H,54,65)(H,55,66)(H,56,67)(H,57,68)(H,83,84)/t18-,19-,20+,21+,22+,23+,24+,25+,26+,27+,28+,29+,30+,31+,32+,33-,34-,35-,36+,37+,38-,39+,40+,41+,42+,43+,44+,45+,46-,47+,48-,49-,50-,51-,53-/m0/s1. The van der Waals surface area contributed by atoms with Crippen LogP contribution in [0.2, 0.25) is 0 Å². The molecular formula is C53H90N4O39. The Balaban J connectivity index is 1.47. The van der Waals surface area contributed by atoms with Crippen molar-refractivity contribution in [3.8, 4) is 0 Å². The number of carboxylic acid groups (broad SMARTS) is 1. The normalized spacial score (nSPS) is 42.6. The highest BCUT2D eigenvalue weighted by atomic mass is 16.8. The molecule has 6 fully saturated rings. The summed E-state index contributed by atoms with van der Waals surface area (Å²) in [5.41, 5.74) is 0. The van der Waals surface area contributed by atoms with Crippen LogP contribution in [0.3, 0.4) is 0 Å². The van der Waals surface area contributed by atoms with Gasteiger partial charge in [0.1, 0.15) is 165 Å². The predicted octanol–water partition coefficient (Wildman–Crippen LogP) is -16.9. The lowest BCUT2D eigenvalue weighted by atomic mass is 9.87. The van der Waals surface area contributed by atoms with E-state index in [1.54, 1.807) is 0 Å². The highest BCUT2D eigenvalue weighted by Gasteiger charge is 2.63. The summed E-state index contributed by atoms with van der Waals surface area (Å²) < 4.78 is 71.3. The number of hydrogen-bond donors (Lipinski definition) is 26. The number of carbonyl (C=O) groups excluding carboxylic acids is 4. The number of hydrogen-bond acceptors (Lipinski definition) is 38. The molecule has 0 aromatic rings.